The highest BCUT2D eigenvalue weighted by Crippen LogP contribution is 2.45. The van der Waals surface area contributed by atoms with E-state index in [2.05, 4.69) is 4.74 Å². The van der Waals surface area contributed by atoms with Crippen LogP contribution >= 0.6 is 0 Å². The molecule has 0 aromatic carbocycles. The molecule has 0 rings (SSSR count). The summed E-state index contributed by atoms with van der Waals surface area (Å²) in [4.78, 5) is 21.6. The number of Topliss-reactive ketones (excluding diaryl/α,β-unsaturated/α-hetero) is 1. The Kier molecular flexibility index (Phi) is 8.02. The van der Waals surface area contributed by atoms with Gasteiger partial charge in [0.05, 0.1) is 19.4 Å². The van der Waals surface area contributed by atoms with Crippen LogP contribution in [0.3, 0.4) is 0 Å². The maximum absolute atomic E-state index is 12.7. The van der Waals surface area contributed by atoms with Gasteiger partial charge in [0, 0.05) is 18.3 Å². The fourth-order valence-electron chi connectivity index (χ4n) is 2.20. The fraction of sp³-hybridized carbons (Fsp3) is 0.846. The van der Waals surface area contributed by atoms with Crippen LogP contribution in [0.5, 0.6) is 0 Å². The van der Waals surface area contributed by atoms with Crippen molar-refractivity contribution in [1.29, 1.82) is 0 Å². The summed E-state index contributed by atoms with van der Waals surface area (Å²) in [5, 5.41) is 8.41. The van der Waals surface area contributed by atoms with Gasteiger partial charge in [-0.2, -0.15) is 26.3 Å². The predicted octanol–water partition coefficient (Wildman–Crippen LogP) is 3.74. The Hall–Kier alpha value is -1.32. The van der Waals surface area contributed by atoms with Crippen LogP contribution in [0.15, 0.2) is 0 Å². The summed E-state index contributed by atoms with van der Waals surface area (Å²) in [5.41, 5.74) is -2.42. The number of aliphatic carboxylic acids is 1. The SMILES string of the molecule is CCC(=O)CCC(COCC(=O)O)(CC(F)(F)F)CC(F)(F)F. The molecule has 0 aromatic heterocycles. The molecule has 10 heteroatoms. The molecule has 0 bridgehead atoms. The molecule has 0 atom stereocenters. The van der Waals surface area contributed by atoms with Gasteiger partial charge in [-0.25, -0.2) is 4.79 Å². The van der Waals surface area contributed by atoms with Gasteiger partial charge in [-0.15, -0.1) is 0 Å². The van der Waals surface area contributed by atoms with E-state index in [0.717, 1.165) is 0 Å². The summed E-state index contributed by atoms with van der Waals surface area (Å²) in [6.45, 7) is -0.618. The number of hydrogen-bond donors (Lipinski definition) is 1. The second-order valence-electron chi connectivity index (χ2n) is 5.36. The molecule has 136 valence electrons. The molecule has 0 spiro atoms. The van der Waals surface area contributed by atoms with Crippen molar-refractivity contribution in [3.05, 3.63) is 0 Å². The Balaban J connectivity index is 5.31. The highest BCUT2D eigenvalue weighted by molar-refractivity contribution is 5.78. The van der Waals surface area contributed by atoms with E-state index in [1.807, 2.05) is 0 Å². The second kappa shape index (κ2) is 8.51. The number of alkyl halides is 6. The number of hydrogen-bond acceptors (Lipinski definition) is 3. The van der Waals surface area contributed by atoms with Gasteiger partial charge in [0.15, 0.2) is 0 Å². The van der Waals surface area contributed by atoms with Crippen molar-refractivity contribution in [2.45, 2.75) is 51.4 Å². The first-order valence-electron chi connectivity index (χ1n) is 6.73. The highest BCUT2D eigenvalue weighted by Gasteiger charge is 2.49. The number of ether oxygens (including phenoxy) is 1. The number of carbonyl (C=O) groups excluding carboxylic acids is 1. The minimum Gasteiger partial charge on any atom is -0.480 e. The zero-order chi connectivity index (χ0) is 18.3. The van der Waals surface area contributed by atoms with Gasteiger partial charge in [-0.05, 0) is 6.42 Å². The lowest BCUT2D eigenvalue weighted by Gasteiger charge is -2.35. The van der Waals surface area contributed by atoms with Crippen LogP contribution < -0.4 is 0 Å². The van der Waals surface area contributed by atoms with Crippen molar-refractivity contribution in [1.82, 2.24) is 0 Å². The quantitative estimate of drug-likeness (QED) is 0.609. The largest absolute Gasteiger partial charge is 0.480 e. The van der Waals surface area contributed by atoms with Crippen LogP contribution in [-0.4, -0.2) is 42.4 Å². The van der Waals surface area contributed by atoms with E-state index in [1.54, 1.807) is 0 Å². The Morgan fingerprint density at radius 1 is 1.00 bits per heavy atom. The molecule has 0 aliphatic carbocycles. The minimum absolute atomic E-state index is 0.00982. The van der Waals surface area contributed by atoms with Gasteiger partial charge in [0.1, 0.15) is 12.4 Å². The van der Waals surface area contributed by atoms with Crippen molar-refractivity contribution in [2.24, 2.45) is 5.41 Å². The third-order valence-corrected chi connectivity index (χ3v) is 3.11. The van der Waals surface area contributed by atoms with Crippen LogP contribution in [0.1, 0.15) is 39.0 Å². The average Bonchev–Trinajstić information content (AvgIpc) is 2.31. The van der Waals surface area contributed by atoms with Gasteiger partial charge < -0.3 is 9.84 Å². The van der Waals surface area contributed by atoms with Crippen molar-refractivity contribution in [3.8, 4) is 0 Å². The third-order valence-electron chi connectivity index (χ3n) is 3.11. The summed E-state index contributed by atoms with van der Waals surface area (Å²) < 4.78 is 80.7. The van der Waals surface area contributed by atoms with Gasteiger partial charge in [-0.3, -0.25) is 4.79 Å². The fourth-order valence-corrected chi connectivity index (χ4v) is 2.20. The van der Waals surface area contributed by atoms with Crippen molar-refractivity contribution < 1.29 is 45.8 Å². The summed E-state index contributed by atoms with van der Waals surface area (Å²) in [7, 11) is 0. The lowest BCUT2D eigenvalue weighted by molar-refractivity contribution is -0.207. The number of carbonyl (C=O) groups is 2. The summed E-state index contributed by atoms with van der Waals surface area (Å²) >= 11 is 0. The first-order valence-corrected chi connectivity index (χ1v) is 6.73. The highest BCUT2D eigenvalue weighted by atomic mass is 19.4. The molecular formula is C13H18F6O4. The summed E-state index contributed by atoms with van der Waals surface area (Å²) in [5.74, 6) is -1.99. The van der Waals surface area contributed by atoms with Crippen molar-refractivity contribution in [3.63, 3.8) is 0 Å². The summed E-state index contributed by atoms with van der Waals surface area (Å²) in [6, 6.07) is 0. The molecule has 0 fully saturated rings. The van der Waals surface area contributed by atoms with E-state index >= 15 is 0 Å². The normalized spacial score (nSPS) is 13.2. The Bertz CT molecular complexity index is 386. The molecule has 0 unspecified atom stereocenters. The van der Waals surface area contributed by atoms with Gasteiger partial charge in [0.25, 0.3) is 0 Å². The van der Waals surface area contributed by atoms with Gasteiger partial charge in [0.2, 0.25) is 0 Å². The Labute approximate surface area is 128 Å². The van der Waals surface area contributed by atoms with E-state index in [0.29, 0.717) is 0 Å². The van der Waals surface area contributed by atoms with Crippen LogP contribution in [0.2, 0.25) is 0 Å². The molecular weight excluding hydrogens is 334 g/mol. The van der Waals surface area contributed by atoms with Crippen LogP contribution in [0, 0.1) is 5.41 Å². The van der Waals surface area contributed by atoms with Gasteiger partial charge >= 0.3 is 18.3 Å². The smallest absolute Gasteiger partial charge is 0.389 e. The number of carboxylic acid groups (broad SMARTS) is 1. The Morgan fingerprint density at radius 3 is 1.83 bits per heavy atom. The topological polar surface area (TPSA) is 63.6 Å². The van der Waals surface area contributed by atoms with E-state index in [4.69, 9.17) is 5.11 Å². The van der Waals surface area contributed by atoms with E-state index in [-0.39, 0.29) is 6.42 Å². The van der Waals surface area contributed by atoms with Crippen LogP contribution in [0.4, 0.5) is 26.3 Å². The van der Waals surface area contributed by atoms with Crippen LogP contribution in [0.25, 0.3) is 0 Å². The zero-order valence-electron chi connectivity index (χ0n) is 12.4. The monoisotopic (exact) mass is 352 g/mol. The maximum atomic E-state index is 12.7. The maximum Gasteiger partial charge on any atom is 0.389 e. The number of halogens is 6. The average molecular weight is 352 g/mol. The van der Waals surface area contributed by atoms with Gasteiger partial charge in [-0.1, -0.05) is 6.92 Å². The van der Waals surface area contributed by atoms with Crippen molar-refractivity contribution >= 4 is 11.8 Å². The standard InChI is InChI=1S/C13H18F6O4/c1-2-9(20)3-4-11(6-12(14,15)16,7-13(17,18)19)8-23-5-10(21)22/h2-8H2,1H3,(H,21,22). The lowest BCUT2D eigenvalue weighted by Crippen LogP contribution is -2.38. The number of carboxylic acids is 1. The van der Waals surface area contributed by atoms with Crippen molar-refractivity contribution in [2.75, 3.05) is 13.2 Å². The van der Waals surface area contributed by atoms with Crippen LogP contribution in [-0.2, 0) is 14.3 Å². The molecule has 0 amide bonds. The van der Waals surface area contributed by atoms with E-state index in [9.17, 15) is 35.9 Å². The van der Waals surface area contributed by atoms with E-state index < -0.39 is 68.4 Å². The minimum atomic E-state index is -4.91. The molecule has 0 heterocycles. The molecule has 0 aliphatic rings. The molecule has 23 heavy (non-hydrogen) atoms. The molecule has 0 radical (unpaired) electrons. The molecule has 4 nitrogen and oxygen atoms in total. The molecule has 0 aromatic rings. The number of ketones is 1. The second-order valence-corrected chi connectivity index (χ2v) is 5.36. The molecule has 1 N–H and O–H groups in total. The number of rotatable bonds is 10. The zero-order valence-corrected chi connectivity index (χ0v) is 12.4. The molecule has 0 aliphatic heterocycles. The molecule has 0 saturated carbocycles. The predicted molar refractivity (Wildman–Crippen MR) is 66.8 cm³/mol. The first-order chi connectivity index (χ1) is 10.3. The first kappa shape index (κ1) is 21.7. The van der Waals surface area contributed by atoms with E-state index in [1.165, 1.54) is 6.92 Å². The Morgan fingerprint density at radius 2 is 1.48 bits per heavy atom. The lowest BCUT2D eigenvalue weighted by atomic mass is 9.76. The molecule has 0 saturated heterocycles. The summed E-state index contributed by atoms with van der Waals surface area (Å²) in [6.07, 6.45) is -14.6. The third kappa shape index (κ3) is 10.9.